The molecule has 0 saturated heterocycles. The molecule has 1 aliphatic heterocycles. The Bertz CT molecular complexity index is 1310. The molecule has 4 aromatic rings. The van der Waals surface area contributed by atoms with Gasteiger partial charge in [-0.2, -0.15) is 5.10 Å². The van der Waals surface area contributed by atoms with Gasteiger partial charge in [0.05, 0.1) is 11.3 Å². The lowest BCUT2D eigenvalue weighted by atomic mass is 10.0. The van der Waals surface area contributed by atoms with Crippen LogP contribution < -0.4 is 5.56 Å². The standard InChI is InChI=1S/C23H18FN5O2/c24-18-5-7-19(8-6-18)28-13-17-12-27(10-9-16(17)11-22(28)30)23(31)20-3-1-2-4-21(20)29-15-25-14-26-29/h1-8,11,13-15H,9-10,12H2. The van der Waals surface area contributed by atoms with Crippen molar-refractivity contribution in [2.75, 3.05) is 6.54 Å². The number of nitrogens with zero attached hydrogens (tertiary/aromatic N) is 5. The summed E-state index contributed by atoms with van der Waals surface area (Å²) in [5, 5.41) is 4.14. The van der Waals surface area contributed by atoms with E-state index in [2.05, 4.69) is 10.1 Å². The summed E-state index contributed by atoms with van der Waals surface area (Å²) in [5.74, 6) is -0.478. The molecule has 0 aliphatic carbocycles. The SMILES string of the molecule is O=C(c1ccccc1-n1cncn1)N1CCc2cc(=O)n(-c3ccc(F)cc3)cc2C1. The van der Waals surface area contributed by atoms with Gasteiger partial charge in [0.2, 0.25) is 0 Å². The third-order valence-corrected chi connectivity index (χ3v) is 5.44. The number of hydrogen-bond acceptors (Lipinski definition) is 4. The molecule has 1 aliphatic rings. The minimum Gasteiger partial charge on any atom is -0.334 e. The van der Waals surface area contributed by atoms with Crippen LogP contribution in [0, 0.1) is 5.82 Å². The summed E-state index contributed by atoms with van der Waals surface area (Å²) < 4.78 is 16.3. The molecule has 2 aromatic carbocycles. The van der Waals surface area contributed by atoms with Gasteiger partial charge in [-0.05, 0) is 53.9 Å². The van der Waals surface area contributed by atoms with Crippen molar-refractivity contribution in [3.63, 3.8) is 0 Å². The quantitative estimate of drug-likeness (QED) is 0.516. The number of carbonyl (C=O) groups excluding carboxylic acids is 1. The van der Waals surface area contributed by atoms with Gasteiger partial charge in [0.1, 0.15) is 18.5 Å². The van der Waals surface area contributed by atoms with Crippen LogP contribution in [0.25, 0.3) is 11.4 Å². The van der Waals surface area contributed by atoms with Crippen molar-refractivity contribution in [3.05, 3.63) is 106 Å². The molecular weight excluding hydrogens is 397 g/mol. The fourth-order valence-corrected chi connectivity index (χ4v) is 3.86. The van der Waals surface area contributed by atoms with E-state index in [1.165, 1.54) is 23.0 Å². The largest absolute Gasteiger partial charge is 0.334 e. The first-order valence-corrected chi connectivity index (χ1v) is 9.84. The number of amides is 1. The molecule has 7 nitrogen and oxygen atoms in total. The Morgan fingerprint density at radius 1 is 1.03 bits per heavy atom. The van der Waals surface area contributed by atoms with E-state index in [9.17, 15) is 14.0 Å². The molecule has 0 radical (unpaired) electrons. The predicted octanol–water partition coefficient (Wildman–Crippen LogP) is 2.76. The molecule has 0 spiro atoms. The average Bonchev–Trinajstić information content (AvgIpc) is 3.33. The number of fused-ring (bicyclic) bond motifs is 1. The van der Waals surface area contributed by atoms with Crippen LogP contribution in [0.2, 0.25) is 0 Å². The molecule has 8 heteroatoms. The Labute approximate surface area is 177 Å². The molecule has 0 unspecified atom stereocenters. The highest BCUT2D eigenvalue weighted by Gasteiger charge is 2.25. The molecule has 0 fully saturated rings. The van der Waals surface area contributed by atoms with Crippen LogP contribution in [-0.2, 0) is 13.0 Å². The summed E-state index contributed by atoms with van der Waals surface area (Å²) in [4.78, 5) is 31.6. The van der Waals surface area contributed by atoms with E-state index >= 15 is 0 Å². The fraction of sp³-hybridized carbons (Fsp3) is 0.130. The summed E-state index contributed by atoms with van der Waals surface area (Å²) in [6, 6.07) is 14.6. The van der Waals surface area contributed by atoms with Crippen molar-refractivity contribution in [1.82, 2.24) is 24.2 Å². The maximum atomic E-state index is 13.3. The molecule has 0 atom stereocenters. The molecule has 0 bridgehead atoms. The number of hydrogen-bond donors (Lipinski definition) is 0. The zero-order chi connectivity index (χ0) is 21.4. The number of rotatable bonds is 3. The van der Waals surface area contributed by atoms with Gasteiger partial charge in [-0.25, -0.2) is 14.1 Å². The molecule has 154 valence electrons. The fourth-order valence-electron chi connectivity index (χ4n) is 3.86. The Balaban J connectivity index is 1.47. The summed E-state index contributed by atoms with van der Waals surface area (Å²) in [6.07, 6.45) is 5.31. The van der Waals surface area contributed by atoms with Gasteiger partial charge in [-0.3, -0.25) is 14.2 Å². The van der Waals surface area contributed by atoms with Crippen molar-refractivity contribution in [2.45, 2.75) is 13.0 Å². The minimum atomic E-state index is -0.363. The first-order valence-electron chi connectivity index (χ1n) is 9.84. The van der Waals surface area contributed by atoms with Crippen LogP contribution >= 0.6 is 0 Å². The summed E-state index contributed by atoms with van der Waals surface area (Å²) in [5.41, 5.74) is 3.41. The van der Waals surface area contributed by atoms with Crippen LogP contribution in [0.3, 0.4) is 0 Å². The summed E-state index contributed by atoms with van der Waals surface area (Å²) in [7, 11) is 0. The van der Waals surface area contributed by atoms with Gasteiger partial charge in [0, 0.05) is 31.0 Å². The van der Waals surface area contributed by atoms with Gasteiger partial charge in [-0.15, -0.1) is 0 Å². The molecule has 2 aromatic heterocycles. The normalized spacial score (nSPS) is 13.1. The van der Waals surface area contributed by atoms with Crippen LogP contribution in [-0.4, -0.2) is 36.7 Å². The van der Waals surface area contributed by atoms with Gasteiger partial charge in [0.25, 0.3) is 11.5 Å². The number of aromatic nitrogens is 4. The van der Waals surface area contributed by atoms with Crippen LogP contribution in [0.5, 0.6) is 0 Å². The first kappa shape index (κ1) is 18.9. The molecule has 3 heterocycles. The number of carbonyl (C=O) groups is 1. The lowest BCUT2D eigenvalue weighted by Gasteiger charge is -2.29. The smallest absolute Gasteiger partial charge is 0.256 e. The number of halogens is 1. The average molecular weight is 415 g/mol. The highest BCUT2D eigenvalue weighted by molar-refractivity contribution is 5.97. The molecule has 1 amide bonds. The molecule has 0 saturated carbocycles. The maximum absolute atomic E-state index is 13.3. The topological polar surface area (TPSA) is 73.0 Å². The molecular formula is C23H18FN5O2. The van der Waals surface area contributed by atoms with Crippen molar-refractivity contribution in [1.29, 1.82) is 0 Å². The maximum Gasteiger partial charge on any atom is 0.256 e. The van der Waals surface area contributed by atoms with Crippen LogP contribution in [0.1, 0.15) is 21.5 Å². The zero-order valence-electron chi connectivity index (χ0n) is 16.5. The van der Waals surface area contributed by atoms with E-state index < -0.39 is 0 Å². The highest BCUT2D eigenvalue weighted by Crippen LogP contribution is 2.23. The zero-order valence-corrected chi connectivity index (χ0v) is 16.5. The first-order chi connectivity index (χ1) is 15.1. The van der Waals surface area contributed by atoms with E-state index in [1.807, 2.05) is 18.2 Å². The Morgan fingerprint density at radius 2 is 1.84 bits per heavy atom. The van der Waals surface area contributed by atoms with Crippen LogP contribution in [0.15, 0.2) is 78.2 Å². The monoisotopic (exact) mass is 415 g/mol. The predicted molar refractivity (Wildman–Crippen MR) is 112 cm³/mol. The van der Waals surface area contributed by atoms with E-state index in [-0.39, 0.29) is 17.3 Å². The van der Waals surface area contributed by atoms with E-state index in [1.54, 1.807) is 46.4 Å². The summed E-state index contributed by atoms with van der Waals surface area (Å²) >= 11 is 0. The number of pyridine rings is 1. The van der Waals surface area contributed by atoms with E-state index in [4.69, 9.17) is 0 Å². The molecule has 31 heavy (non-hydrogen) atoms. The Hall–Kier alpha value is -4.07. The Morgan fingerprint density at radius 3 is 2.61 bits per heavy atom. The second kappa shape index (κ2) is 7.64. The van der Waals surface area contributed by atoms with Crippen molar-refractivity contribution in [2.24, 2.45) is 0 Å². The van der Waals surface area contributed by atoms with Crippen molar-refractivity contribution < 1.29 is 9.18 Å². The number of para-hydroxylation sites is 1. The van der Waals surface area contributed by atoms with E-state index in [0.717, 1.165) is 11.1 Å². The van der Waals surface area contributed by atoms with Gasteiger partial charge in [-0.1, -0.05) is 12.1 Å². The second-order valence-electron chi connectivity index (χ2n) is 7.34. The third kappa shape index (κ3) is 3.52. The second-order valence-corrected chi connectivity index (χ2v) is 7.34. The van der Waals surface area contributed by atoms with Gasteiger partial charge < -0.3 is 4.90 Å². The lowest BCUT2D eigenvalue weighted by molar-refractivity contribution is 0.0734. The Kier molecular flexibility index (Phi) is 4.66. The van der Waals surface area contributed by atoms with Gasteiger partial charge >= 0.3 is 0 Å². The lowest BCUT2D eigenvalue weighted by Crippen LogP contribution is -2.37. The van der Waals surface area contributed by atoms with Crippen molar-refractivity contribution >= 4 is 5.91 Å². The minimum absolute atomic E-state index is 0.115. The highest BCUT2D eigenvalue weighted by atomic mass is 19.1. The molecule has 5 rings (SSSR count). The third-order valence-electron chi connectivity index (χ3n) is 5.44. The molecule has 0 N–H and O–H groups in total. The van der Waals surface area contributed by atoms with Crippen LogP contribution in [0.4, 0.5) is 4.39 Å². The van der Waals surface area contributed by atoms with E-state index in [0.29, 0.717) is 36.4 Å². The van der Waals surface area contributed by atoms with Gasteiger partial charge in [0.15, 0.2) is 0 Å². The number of benzene rings is 2. The van der Waals surface area contributed by atoms with Crippen molar-refractivity contribution in [3.8, 4) is 11.4 Å². The summed E-state index contributed by atoms with van der Waals surface area (Å²) in [6.45, 7) is 0.888.